The predicted molar refractivity (Wildman–Crippen MR) is 92.3 cm³/mol. The lowest BCUT2D eigenvalue weighted by Gasteiger charge is -2.26. The van der Waals surface area contributed by atoms with Crippen LogP contribution < -0.4 is 5.43 Å². The first-order valence-corrected chi connectivity index (χ1v) is 8.41. The highest BCUT2D eigenvalue weighted by atomic mass is 79.9. The quantitative estimate of drug-likeness (QED) is 0.684. The zero-order chi connectivity index (χ0) is 17.4. The van der Waals surface area contributed by atoms with Crippen LogP contribution in [0.2, 0.25) is 0 Å². The van der Waals surface area contributed by atoms with Crippen LogP contribution in [0.5, 0.6) is 5.75 Å². The molecule has 0 fully saturated rings. The summed E-state index contributed by atoms with van der Waals surface area (Å²) in [5.74, 6) is -2.20. The Morgan fingerprint density at radius 3 is 2.62 bits per heavy atom. The normalized spacial score (nSPS) is 13.7. The van der Waals surface area contributed by atoms with Crippen molar-refractivity contribution in [3.8, 4) is 5.75 Å². The van der Waals surface area contributed by atoms with Crippen molar-refractivity contribution in [3.63, 3.8) is 0 Å². The second-order valence-electron chi connectivity index (χ2n) is 5.09. The van der Waals surface area contributed by atoms with Crippen LogP contribution in [0, 0.1) is 0 Å². The molecule has 2 N–H and O–H groups in total. The van der Waals surface area contributed by atoms with E-state index in [2.05, 4.69) is 37.3 Å². The van der Waals surface area contributed by atoms with E-state index < -0.39 is 17.7 Å². The zero-order valence-corrected chi connectivity index (χ0v) is 15.2. The van der Waals surface area contributed by atoms with Gasteiger partial charge in [-0.05, 0) is 39.7 Å². The maximum atomic E-state index is 12.4. The van der Waals surface area contributed by atoms with Crippen LogP contribution in [0.15, 0.2) is 45.3 Å². The van der Waals surface area contributed by atoms with Crippen LogP contribution in [0.25, 0.3) is 0 Å². The summed E-state index contributed by atoms with van der Waals surface area (Å²) in [6.07, 6.45) is 0.0103. The zero-order valence-electron chi connectivity index (χ0n) is 12.0. The number of halogens is 2. The highest BCUT2D eigenvalue weighted by molar-refractivity contribution is 9.11. The summed E-state index contributed by atoms with van der Waals surface area (Å²) in [6.45, 7) is 0. The first-order valence-electron chi connectivity index (χ1n) is 6.82. The van der Waals surface area contributed by atoms with E-state index in [4.69, 9.17) is 0 Å². The number of nitrogens with zero attached hydrogens (tertiary/aromatic N) is 1. The third-order valence-corrected chi connectivity index (χ3v) is 4.59. The van der Waals surface area contributed by atoms with Crippen molar-refractivity contribution in [2.45, 2.75) is 6.42 Å². The largest absolute Gasteiger partial charge is 0.506 e. The summed E-state index contributed by atoms with van der Waals surface area (Å²) < 4.78 is 0.864. The van der Waals surface area contributed by atoms with Gasteiger partial charge in [-0.2, -0.15) is 5.01 Å². The number of amides is 3. The van der Waals surface area contributed by atoms with Gasteiger partial charge in [0.25, 0.3) is 17.7 Å². The minimum absolute atomic E-state index is 0.0103. The average molecular weight is 454 g/mol. The highest BCUT2D eigenvalue weighted by Crippen LogP contribution is 2.31. The molecule has 3 amide bonds. The molecule has 0 atom stereocenters. The van der Waals surface area contributed by atoms with Gasteiger partial charge < -0.3 is 5.11 Å². The standard InChI is InChI=1S/C16H10Br2N2O4/c17-9-6-11(14(22)12(18)7-9)15(23)19-20-13(21)5-8-3-1-2-4-10(8)16(20)24/h1-4,6-7,22H,5H2,(H,19,23). The van der Waals surface area contributed by atoms with E-state index in [0.29, 0.717) is 25.1 Å². The van der Waals surface area contributed by atoms with Gasteiger partial charge in [0, 0.05) is 10.0 Å². The molecular formula is C16H10Br2N2O4. The number of carbonyl (C=O) groups is 3. The Morgan fingerprint density at radius 2 is 1.88 bits per heavy atom. The molecule has 0 saturated carbocycles. The molecule has 2 aromatic rings. The van der Waals surface area contributed by atoms with Crippen LogP contribution in [0.1, 0.15) is 26.3 Å². The number of imide groups is 1. The Bertz CT molecular complexity index is 882. The summed E-state index contributed by atoms with van der Waals surface area (Å²) in [5, 5.41) is 10.7. The third kappa shape index (κ3) is 2.94. The second-order valence-corrected chi connectivity index (χ2v) is 6.86. The fourth-order valence-electron chi connectivity index (χ4n) is 2.37. The number of fused-ring (bicyclic) bond motifs is 1. The molecule has 6 nitrogen and oxygen atoms in total. The van der Waals surface area contributed by atoms with Gasteiger partial charge in [-0.15, -0.1) is 0 Å². The van der Waals surface area contributed by atoms with Crippen LogP contribution >= 0.6 is 31.9 Å². The molecule has 2 aromatic carbocycles. The van der Waals surface area contributed by atoms with E-state index in [1.165, 1.54) is 6.07 Å². The summed E-state index contributed by atoms with van der Waals surface area (Å²) in [6, 6.07) is 9.67. The summed E-state index contributed by atoms with van der Waals surface area (Å²) in [7, 11) is 0. The molecule has 0 unspecified atom stereocenters. The van der Waals surface area contributed by atoms with Gasteiger partial charge in [0.05, 0.1) is 16.5 Å². The van der Waals surface area contributed by atoms with Crippen molar-refractivity contribution >= 4 is 49.6 Å². The second kappa shape index (κ2) is 6.37. The van der Waals surface area contributed by atoms with E-state index in [9.17, 15) is 19.5 Å². The lowest BCUT2D eigenvalue weighted by atomic mass is 10.00. The van der Waals surface area contributed by atoms with E-state index in [1.54, 1.807) is 30.3 Å². The molecule has 122 valence electrons. The molecule has 0 bridgehead atoms. The molecule has 8 heteroatoms. The Labute approximate surface area is 153 Å². The first kappa shape index (κ1) is 16.7. The van der Waals surface area contributed by atoms with Gasteiger partial charge in [-0.1, -0.05) is 34.1 Å². The number of carbonyl (C=O) groups excluding carboxylic acids is 3. The summed E-state index contributed by atoms with van der Waals surface area (Å²) >= 11 is 6.35. The van der Waals surface area contributed by atoms with E-state index in [-0.39, 0.29) is 17.7 Å². The van der Waals surface area contributed by atoms with E-state index in [1.807, 2.05) is 0 Å². The van der Waals surface area contributed by atoms with Gasteiger partial charge >= 0.3 is 0 Å². The first-order chi connectivity index (χ1) is 11.4. The number of phenols is 1. The molecule has 1 aliphatic heterocycles. The van der Waals surface area contributed by atoms with Crippen molar-refractivity contribution in [1.29, 1.82) is 0 Å². The molecule has 24 heavy (non-hydrogen) atoms. The maximum Gasteiger partial charge on any atom is 0.279 e. The van der Waals surface area contributed by atoms with Gasteiger partial charge in [-0.3, -0.25) is 19.8 Å². The molecular weight excluding hydrogens is 444 g/mol. The average Bonchev–Trinajstić information content (AvgIpc) is 2.54. The van der Waals surface area contributed by atoms with Crippen molar-refractivity contribution in [3.05, 3.63) is 62.0 Å². The monoisotopic (exact) mass is 452 g/mol. The number of hydrazine groups is 1. The number of aromatic hydroxyl groups is 1. The third-order valence-electron chi connectivity index (χ3n) is 3.53. The van der Waals surface area contributed by atoms with E-state index >= 15 is 0 Å². The minimum atomic E-state index is -0.768. The van der Waals surface area contributed by atoms with Crippen LogP contribution in [0.3, 0.4) is 0 Å². The van der Waals surface area contributed by atoms with Gasteiger partial charge in [-0.25, -0.2) is 0 Å². The van der Waals surface area contributed by atoms with E-state index in [0.717, 1.165) is 0 Å². The van der Waals surface area contributed by atoms with Gasteiger partial charge in [0.1, 0.15) is 5.75 Å². The molecule has 1 aliphatic rings. The number of phenolic OH excluding ortho intramolecular Hbond substituents is 1. The molecule has 0 aromatic heterocycles. The predicted octanol–water partition coefficient (Wildman–Crippen LogP) is 2.79. The lowest BCUT2D eigenvalue weighted by molar-refractivity contribution is -0.130. The summed E-state index contributed by atoms with van der Waals surface area (Å²) in [4.78, 5) is 37.0. The molecule has 3 rings (SSSR count). The Hall–Kier alpha value is -2.19. The van der Waals surface area contributed by atoms with Crippen LogP contribution in [-0.4, -0.2) is 27.8 Å². The molecule has 0 radical (unpaired) electrons. The minimum Gasteiger partial charge on any atom is -0.506 e. The molecule has 0 saturated heterocycles. The van der Waals surface area contributed by atoms with Crippen molar-refractivity contribution < 1.29 is 19.5 Å². The topological polar surface area (TPSA) is 86.7 Å². The van der Waals surface area contributed by atoms with Crippen molar-refractivity contribution in [2.24, 2.45) is 0 Å². The molecule has 1 heterocycles. The van der Waals surface area contributed by atoms with Crippen molar-refractivity contribution in [2.75, 3.05) is 0 Å². The number of hydrogen-bond donors (Lipinski definition) is 2. The van der Waals surface area contributed by atoms with Crippen molar-refractivity contribution in [1.82, 2.24) is 10.4 Å². The number of benzene rings is 2. The smallest absolute Gasteiger partial charge is 0.279 e. The molecule has 0 aliphatic carbocycles. The SMILES string of the molecule is O=C(NN1C(=O)Cc2ccccc2C1=O)c1cc(Br)cc(Br)c1O. The Kier molecular flexibility index (Phi) is 4.42. The number of nitrogens with one attached hydrogen (secondary N) is 1. The number of hydrogen-bond acceptors (Lipinski definition) is 4. The fraction of sp³-hybridized carbons (Fsp3) is 0.0625. The van der Waals surface area contributed by atoms with Gasteiger partial charge in [0.2, 0.25) is 0 Å². The lowest BCUT2D eigenvalue weighted by Crippen LogP contribution is -2.52. The van der Waals surface area contributed by atoms with Crippen LogP contribution in [0.4, 0.5) is 0 Å². The molecule has 0 spiro atoms. The highest BCUT2D eigenvalue weighted by Gasteiger charge is 2.32. The Morgan fingerprint density at radius 1 is 1.17 bits per heavy atom. The number of rotatable bonds is 2. The van der Waals surface area contributed by atoms with Crippen LogP contribution in [-0.2, 0) is 11.2 Å². The van der Waals surface area contributed by atoms with Gasteiger partial charge in [0.15, 0.2) is 0 Å². The fourth-order valence-corrected chi connectivity index (χ4v) is 3.60. The summed E-state index contributed by atoms with van der Waals surface area (Å²) in [5.41, 5.74) is 3.17. The maximum absolute atomic E-state index is 12.4. The Balaban J connectivity index is 1.90.